The number of rotatable bonds is 7. The fourth-order valence-corrected chi connectivity index (χ4v) is 3.90. The molecule has 4 aromatic rings. The molecular weight excluding hydrogens is 545 g/mol. The Labute approximate surface area is 223 Å². The van der Waals surface area contributed by atoms with Gasteiger partial charge in [-0.15, -0.1) is 5.10 Å². The number of hydrogen-bond donors (Lipinski definition) is 2. The Kier molecular flexibility index (Phi) is 7.74. The summed E-state index contributed by atoms with van der Waals surface area (Å²) in [5.74, 6) is -2.81. The summed E-state index contributed by atoms with van der Waals surface area (Å²) in [6.07, 6.45) is -0.0375. The summed E-state index contributed by atoms with van der Waals surface area (Å²) in [5, 5.41) is 12.6. The molecule has 2 aromatic carbocycles. The van der Waals surface area contributed by atoms with Gasteiger partial charge in [0, 0.05) is 35.0 Å². The molecule has 4 rings (SSSR count). The maximum atomic E-state index is 15.2. The quantitative estimate of drug-likeness (QED) is 0.351. The Morgan fingerprint density at radius 3 is 2.47 bits per heavy atom. The van der Waals surface area contributed by atoms with E-state index in [1.165, 1.54) is 31.1 Å². The van der Waals surface area contributed by atoms with Gasteiger partial charge >= 0.3 is 0 Å². The van der Waals surface area contributed by atoms with Crippen LogP contribution in [0.4, 0.5) is 14.5 Å². The first kappa shape index (κ1) is 26.8. The van der Waals surface area contributed by atoms with Gasteiger partial charge in [-0.1, -0.05) is 28.4 Å². The van der Waals surface area contributed by atoms with E-state index in [1.807, 2.05) is 0 Å². The molecule has 1 unspecified atom stereocenters. The SMILES string of the molecule is CNC(=O)c1ccc(NC(=O)C(F)n2cc(OC)c(-c3cc(Cl)ccc3-n3cc(Cl)nn3)cc2=O)cc1F. The molecule has 2 aromatic heterocycles. The van der Waals surface area contributed by atoms with Crippen molar-refractivity contribution in [3.63, 3.8) is 0 Å². The molecule has 0 saturated carbocycles. The highest BCUT2D eigenvalue weighted by atomic mass is 35.5. The number of anilines is 1. The summed E-state index contributed by atoms with van der Waals surface area (Å²) < 4.78 is 36.6. The van der Waals surface area contributed by atoms with Crippen molar-refractivity contribution in [3.8, 4) is 22.6 Å². The molecule has 2 heterocycles. The Morgan fingerprint density at radius 1 is 1.08 bits per heavy atom. The molecule has 1 atom stereocenters. The molecule has 0 aliphatic heterocycles. The van der Waals surface area contributed by atoms with E-state index in [-0.39, 0.29) is 27.7 Å². The Morgan fingerprint density at radius 2 is 1.84 bits per heavy atom. The number of halogens is 4. The molecule has 2 amide bonds. The zero-order chi connectivity index (χ0) is 27.6. The van der Waals surface area contributed by atoms with Gasteiger partial charge in [-0.05, 0) is 36.4 Å². The standard InChI is InChI=1S/C24H18Cl2F2N6O4/c1-29-23(36)14-5-4-13(8-17(14)27)30-24(37)22(28)33-10-19(38-2)16(9-21(33)35)15-7-12(25)3-6-18(15)34-11-20(26)31-32-34/h3-11,22H,1-2H3,(H,29,36)(H,30,37). The summed E-state index contributed by atoms with van der Waals surface area (Å²) >= 11 is 12.1. The Bertz CT molecular complexity index is 1610. The van der Waals surface area contributed by atoms with E-state index in [0.29, 0.717) is 20.8 Å². The first-order valence-electron chi connectivity index (χ1n) is 10.8. The van der Waals surface area contributed by atoms with Gasteiger partial charge in [0.25, 0.3) is 23.7 Å². The lowest BCUT2D eigenvalue weighted by Crippen LogP contribution is -2.30. The van der Waals surface area contributed by atoms with Crippen LogP contribution in [0.2, 0.25) is 10.2 Å². The molecule has 0 aliphatic carbocycles. The molecular formula is C24H18Cl2F2N6O4. The lowest BCUT2D eigenvalue weighted by Gasteiger charge is -2.17. The summed E-state index contributed by atoms with van der Waals surface area (Å²) in [6.45, 7) is 0. The second-order valence-electron chi connectivity index (χ2n) is 7.75. The minimum atomic E-state index is -2.50. The van der Waals surface area contributed by atoms with Crippen molar-refractivity contribution in [1.29, 1.82) is 0 Å². The highest BCUT2D eigenvalue weighted by molar-refractivity contribution is 6.31. The first-order chi connectivity index (χ1) is 18.1. The topological polar surface area (TPSA) is 120 Å². The number of methoxy groups -OCH3 is 1. The highest BCUT2D eigenvalue weighted by Gasteiger charge is 2.24. The van der Waals surface area contributed by atoms with Crippen molar-refractivity contribution < 1.29 is 23.1 Å². The van der Waals surface area contributed by atoms with E-state index in [0.717, 1.165) is 24.4 Å². The number of carbonyl (C=O) groups is 2. The number of carbonyl (C=O) groups excluding carboxylic acids is 2. The minimum absolute atomic E-state index is 0.0377. The smallest absolute Gasteiger partial charge is 0.280 e. The van der Waals surface area contributed by atoms with Gasteiger partial charge in [0.05, 0.1) is 30.8 Å². The average Bonchev–Trinajstić information content (AvgIpc) is 3.33. The van der Waals surface area contributed by atoms with E-state index in [1.54, 1.807) is 18.2 Å². The van der Waals surface area contributed by atoms with E-state index >= 15 is 4.39 Å². The largest absolute Gasteiger partial charge is 0.495 e. The summed E-state index contributed by atoms with van der Waals surface area (Å²) in [5.41, 5.74) is -0.181. The Balaban J connectivity index is 1.68. The Hall–Kier alpha value is -4.29. The molecule has 196 valence electrons. The molecule has 14 heteroatoms. The molecule has 10 nitrogen and oxygen atoms in total. The molecule has 2 N–H and O–H groups in total. The maximum Gasteiger partial charge on any atom is 0.280 e. The highest BCUT2D eigenvalue weighted by Crippen LogP contribution is 2.35. The zero-order valence-electron chi connectivity index (χ0n) is 19.7. The van der Waals surface area contributed by atoms with Crippen molar-refractivity contribution in [3.05, 3.63) is 86.8 Å². The first-order valence-corrected chi connectivity index (χ1v) is 11.5. The predicted octanol–water partition coefficient (Wildman–Crippen LogP) is 4.02. The van der Waals surface area contributed by atoms with Crippen LogP contribution in [-0.4, -0.2) is 45.5 Å². The van der Waals surface area contributed by atoms with Gasteiger partial charge in [0.15, 0.2) is 5.15 Å². The van der Waals surface area contributed by atoms with Gasteiger partial charge in [-0.2, -0.15) is 0 Å². The van der Waals surface area contributed by atoms with Gasteiger partial charge in [-0.25, -0.2) is 13.5 Å². The van der Waals surface area contributed by atoms with Gasteiger partial charge in [0.2, 0.25) is 0 Å². The number of ether oxygens (including phenoxy) is 1. The van der Waals surface area contributed by atoms with Crippen molar-refractivity contribution in [2.24, 2.45) is 0 Å². The van der Waals surface area contributed by atoms with Crippen molar-refractivity contribution in [1.82, 2.24) is 24.9 Å². The van der Waals surface area contributed by atoms with E-state index in [9.17, 15) is 18.8 Å². The van der Waals surface area contributed by atoms with Crippen LogP contribution in [-0.2, 0) is 4.79 Å². The van der Waals surface area contributed by atoms with E-state index in [2.05, 4.69) is 20.9 Å². The van der Waals surface area contributed by atoms with Gasteiger partial charge in [0.1, 0.15) is 11.6 Å². The van der Waals surface area contributed by atoms with Crippen LogP contribution in [0, 0.1) is 5.82 Å². The normalized spacial score (nSPS) is 11.6. The third kappa shape index (κ3) is 5.36. The van der Waals surface area contributed by atoms with Crippen LogP contribution in [0.3, 0.4) is 0 Å². The maximum absolute atomic E-state index is 15.2. The predicted molar refractivity (Wildman–Crippen MR) is 136 cm³/mol. The van der Waals surface area contributed by atoms with Gasteiger partial charge < -0.3 is 15.4 Å². The fourth-order valence-electron chi connectivity index (χ4n) is 3.60. The number of nitrogens with one attached hydrogen (secondary N) is 2. The number of aromatic nitrogens is 4. The van der Waals surface area contributed by atoms with Crippen LogP contribution in [0.15, 0.2) is 59.7 Å². The molecule has 0 aliphatic rings. The molecule has 0 spiro atoms. The zero-order valence-corrected chi connectivity index (χ0v) is 21.2. The third-order valence-corrected chi connectivity index (χ3v) is 5.80. The molecule has 0 fully saturated rings. The molecule has 0 radical (unpaired) electrons. The van der Waals surface area contributed by atoms with Crippen LogP contribution in [0.1, 0.15) is 16.7 Å². The lowest BCUT2D eigenvalue weighted by molar-refractivity contribution is -0.123. The molecule has 0 saturated heterocycles. The second kappa shape index (κ2) is 11.0. The van der Waals surface area contributed by atoms with Crippen LogP contribution in [0.5, 0.6) is 5.75 Å². The van der Waals surface area contributed by atoms with Gasteiger partial charge in [-0.3, -0.25) is 19.0 Å². The number of nitrogens with zero attached hydrogens (tertiary/aromatic N) is 4. The number of hydrogen-bond acceptors (Lipinski definition) is 6. The summed E-state index contributed by atoms with van der Waals surface area (Å²) in [4.78, 5) is 37.1. The number of amides is 2. The third-order valence-electron chi connectivity index (χ3n) is 5.39. The van der Waals surface area contributed by atoms with Crippen LogP contribution in [0.25, 0.3) is 16.8 Å². The van der Waals surface area contributed by atoms with Crippen molar-refractivity contribution in [2.45, 2.75) is 6.30 Å². The van der Waals surface area contributed by atoms with E-state index in [4.69, 9.17) is 27.9 Å². The summed E-state index contributed by atoms with van der Waals surface area (Å²) in [6, 6.07) is 9.05. The number of pyridine rings is 1. The summed E-state index contributed by atoms with van der Waals surface area (Å²) in [7, 11) is 2.63. The van der Waals surface area contributed by atoms with E-state index < -0.39 is 29.5 Å². The lowest BCUT2D eigenvalue weighted by atomic mass is 10.0. The average molecular weight is 563 g/mol. The van der Waals surface area contributed by atoms with Crippen molar-refractivity contribution in [2.75, 3.05) is 19.5 Å². The number of alkyl halides is 1. The number of benzene rings is 2. The molecule has 38 heavy (non-hydrogen) atoms. The van der Waals surface area contributed by atoms with Crippen LogP contribution < -0.4 is 20.9 Å². The monoisotopic (exact) mass is 562 g/mol. The minimum Gasteiger partial charge on any atom is -0.495 e. The fraction of sp³-hybridized carbons (Fsp3) is 0.125. The van der Waals surface area contributed by atoms with Crippen LogP contribution >= 0.6 is 23.2 Å². The molecule has 0 bridgehead atoms. The van der Waals surface area contributed by atoms with Crippen molar-refractivity contribution >= 4 is 40.7 Å². The second-order valence-corrected chi connectivity index (χ2v) is 8.57.